The molecule has 2 atom stereocenters. The number of amides is 1. The lowest BCUT2D eigenvalue weighted by Gasteiger charge is -2.22. The van der Waals surface area contributed by atoms with Gasteiger partial charge in [-0.3, -0.25) is 9.59 Å². The summed E-state index contributed by atoms with van der Waals surface area (Å²) in [5, 5.41) is 8.94. The number of nitrogens with zero attached hydrogens (tertiary/aromatic N) is 1. The van der Waals surface area contributed by atoms with Crippen molar-refractivity contribution in [2.24, 2.45) is 17.8 Å². The summed E-state index contributed by atoms with van der Waals surface area (Å²) in [6.45, 7) is 3.02. The number of hydrogen-bond donors (Lipinski definition) is 1. The molecule has 1 N–H and O–H groups in total. The second kappa shape index (κ2) is 5.72. The minimum atomic E-state index is -0.770. The molecule has 18 heavy (non-hydrogen) atoms. The van der Waals surface area contributed by atoms with E-state index in [1.54, 1.807) is 4.90 Å². The predicted molar refractivity (Wildman–Crippen MR) is 68.1 cm³/mol. The summed E-state index contributed by atoms with van der Waals surface area (Å²) in [7, 11) is 0. The third-order valence-corrected chi connectivity index (χ3v) is 4.43. The van der Waals surface area contributed by atoms with Crippen LogP contribution in [0.5, 0.6) is 0 Å². The Labute approximate surface area is 108 Å². The molecule has 0 spiro atoms. The normalized spacial score (nSPS) is 26.5. The molecule has 2 rings (SSSR count). The SMILES string of the molecule is CC(CC1CCCC1)C(=O)N1CCC(C(=O)O)C1. The van der Waals surface area contributed by atoms with Crippen LogP contribution in [0.3, 0.4) is 0 Å². The Morgan fingerprint density at radius 2 is 1.94 bits per heavy atom. The van der Waals surface area contributed by atoms with Crippen molar-refractivity contribution in [1.82, 2.24) is 4.90 Å². The zero-order valence-corrected chi connectivity index (χ0v) is 11.1. The third-order valence-electron chi connectivity index (χ3n) is 4.43. The topological polar surface area (TPSA) is 57.6 Å². The maximum Gasteiger partial charge on any atom is 0.308 e. The fourth-order valence-corrected chi connectivity index (χ4v) is 3.32. The van der Waals surface area contributed by atoms with E-state index in [2.05, 4.69) is 0 Å². The predicted octanol–water partition coefficient (Wildman–Crippen LogP) is 2.14. The molecule has 2 unspecified atom stereocenters. The van der Waals surface area contributed by atoms with E-state index in [1.807, 2.05) is 6.92 Å². The van der Waals surface area contributed by atoms with E-state index in [4.69, 9.17) is 5.11 Å². The number of carboxylic acids is 1. The lowest BCUT2D eigenvalue weighted by atomic mass is 9.93. The van der Waals surface area contributed by atoms with Crippen LogP contribution in [0.2, 0.25) is 0 Å². The van der Waals surface area contributed by atoms with Crippen molar-refractivity contribution in [3.63, 3.8) is 0 Å². The van der Waals surface area contributed by atoms with Crippen molar-refractivity contribution in [3.05, 3.63) is 0 Å². The zero-order chi connectivity index (χ0) is 13.1. The molecule has 102 valence electrons. The average molecular weight is 253 g/mol. The quantitative estimate of drug-likeness (QED) is 0.835. The van der Waals surface area contributed by atoms with Gasteiger partial charge in [0.05, 0.1) is 5.92 Å². The van der Waals surface area contributed by atoms with Crippen LogP contribution in [0, 0.1) is 17.8 Å². The van der Waals surface area contributed by atoms with Crippen LogP contribution in [0.25, 0.3) is 0 Å². The maximum absolute atomic E-state index is 12.2. The first-order valence-corrected chi connectivity index (χ1v) is 7.09. The molecule has 0 radical (unpaired) electrons. The summed E-state index contributed by atoms with van der Waals surface area (Å²) in [5.74, 6) is -0.200. The minimum absolute atomic E-state index is 0.0562. The van der Waals surface area contributed by atoms with E-state index < -0.39 is 5.97 Å². The number of carbonyl (C=O) groups is 2. The summed E-state index contributed by atoms with van der Waals surface area (Å²) in [6.07, 6.45) is 6.71. The summed E-state index contributed by atoms with van der Waals surface area (Å²) in [6, 6.07) is 0. The van der Waals surface area contributed by atoms with Crippen molar-refractivity contribution in [2.75, 3.05) is 13.1 Å². The highest BCUT2D eigenvalue weighted by molar-refractivity contribution is 5.80. The number of rotatable bonds is 4. The fraction of sp³-hybridized carbons (Fsp3) is 0.857. The molecule has 2 fully saturated rings. The highest BCUT2D eigenvalue weighted by Gasteiger charge is 2.33. The molecule has 4 heteroatoms. The fourth-order valence-electron chi connectivity index (χ4n) is 3.32. The van der Waals surface area contributed by atoms with Crippen LogP contribution in [0.4, 0.5) is 0 Å². The van der Waals surface area contributed by atoms with Crippen LogP contribution in [0.1, 0.15) is 45.4 Å². The van der Waals surface area contributed by atoms with Crippen molar-refractivity contribution >= 4 is 11.9 Å². The van der Waals surface area contributed by atoms with Crippen molar-refractivity contribution in [2.45, 2.75) is 45.4 Å². The van der Waals surface area contributed by atoms with Crippen LogP contribution >= 0.6 is 0 Å². The summed E-state index contributed by atoms with van der Waals surface area (Å²) < 4.78 is 0. The maximum atomic E-state index is 12.2. The number of carbonyl (C=O) groups excluding carboxylic acids is 1. The van der Waals surface area contributed by atoms with E-state index in [-0.39, 0.29) is 17.7 Å². The van der Waals surface area contributed by atoms with E-state index in [0.717, 1.165) is 6.42 Å². The third kappa shape index (κ3) is 3.03. The van der Waals surface area contributed by atoms with Gasteiger partial charge in [-0.25, -0.2) is 0 Å². The van der Waals surface area contributed by atoms with Gasteiger partial charge in [0.15, 0.2) is 0 Å². The van der Waals surface area contributed by atoms with Gasteiger partial charge in [-0.2, -0.15) is 0 Å². The molecule has 1 saturated carbocycles. The Morgan fingerprint density at radius 3 is 2.50 bits per heavy atom. The number of aliphatic carboxylic acids is 1. The zero-order valence-electron chi connectivity index (χ0n) is 11.1. The van der Waals surface area contributed by atoms with Crippen molar-refractivity contribution in [1.29, 1.82) is 0 Å². The first-order valence-electron chi connectivity index (χ1n) is 7.09. The molecule has 0 aromatic rings. The van der Waals surface area contributed by atoms with Gasteiger partial charge >= 0.3 is 5.97 Å². The molecule has 1 saturated heterocycles. The Morgan fingerprint density at radius 1 is 1.28 bits per heavy atom. The number of likely N-dealkylation sites (tertiary alicyclic amines) is 1. The lowest BCUT2D eigenvalue weighted by molar-refractivity contribution is -0.141. The van der Waals surface area contributed by atoms with Gasteiger partial charge in [-0.05, 0) is 18.8 Å². The molecule has 0 aromatic heterocycles. The standard InChI is InChI=1S/C14H23NO3/c1-10(8-11-4-2-3-5-11)13(16)15-7-6-12(9-15)14(17)18/h10-12H,2-9H2,1H3,(H,17,18). The van der Waals surface area contributed by atoms with Gasteiger partial charge in [0.2, 0.25) is 5.91 Å². The van der Waals surface area contributed by atoms with Gasteiger partial charge in [-0.1, -0.05) is 32.6 Å². The smallest absolute Gasteiger partial charge is 0.308 e. The summed E-state index contributed by atoms with van der Waals surface area (Å²) >= 11 is 0. The largest absolute Gasteiger partial charge is 0.481 e. The Hall–Kier alpha value is -1.06. The van der Waals surface area contributed by atoms with E-state index in [0.29, 0.717) is 25.4 Å². The van der Waals surface area contributed by atoms with Gasteiger partial charge < -0.3 is 10.0 Å². The molecular formula is C14H23NO3. The molecule has 2 aliphatic rings. The summed E-state index contributed by atoms with van der Waals surface area (Å²) in [4.78, 5) is 24.9. The Kier molecular flexibility index (Phi) is 4.25. The molecule has 0 bridgehead atoms. The van der Waals surface area contributed by atoms with Crippen LogP contribution in [-0.2, 0) is 9.59 Å². The van der Waals surface area contributed by atoms with Gasteiger partial charge in [-0.15, -0.1) is 0 Å². The molecule has 1 amide bonds. The molecular weight excluding hydrogens is 230 g/mol. The van der Waals surface area contributed by atoms with Crippen LogP contribution in [-0.4, -0.2) is 35.0 Å². The van der Waals surface area contributed by atoms with Gasteiger partial charge in [0.25, 0.3) is 0 Å². The van der Waals surface area contributed by atoms with Gasteiger partial charge in [0.1, 0.15) is 0 Å². The van der Waals surface area contributed by atoms with Crippen LogP contribution in [0.15, 0.2) is 0 Å². The first-order chi connectivity index (χ1) is 8.58. The number of hydrogen-bond acceptors (Lipinski definition) is 2. The molecule has 1 aliphatic carbocycles. The first kappa shape index (κ1) is 13.4. The molecule has 1 aliphatic heterocycles. The second-order valence-corrected chi connectivity index (χ2v) is 5.90. The average Bonchev–Trinajstić information content (AvgIpc) is 2.98. The van der Waals surface area contributed by atoms with E-state index >= 15 is 0 Å². The Bertz CT molecular complexity index is 323. The molecule has 0 aromatic carbocycles. The highest BCUT2D eigenvalue weighted by Crippen LogP contribution is 2.31. The van der Waals surface area contributed by atoms with E-state index in [1.165, 1.54) is 25.7 Å². The minimum Gasteiger partial charge on any atom is -0.481 e. The van der Waals surface area contributed by atoms with Crippen molar-refractivity contribution in [3.8, 4) is 0 Å². The Balaban J connectivity index is 1.81. The van der Waals surface area contributed by atoms with Crippen LogP contribution < -0.4 is 0 Å². The van der Waals surface area contributed by atoms with Crippen molar-refractivity contribution < 1.29 is 14.7 Å². The lowest BCUT2D eigenvalue weighted by Crippen LogP contribution is -2.34. The van der Waals surface area contributed by atoms with Gasteiger partial charge in [0, 0.05) is 19.0 Å². The monoisotopic (exact) mass is 253 g/mol. The second-order valence-electron chi connectivity index (χ2n) is 5.90. The van der Waals surface area contributed by atoms with E-state index in [9.17, 15) is 9.59 Å². The molecule has 4 nitrogen and oxygen atoms in total. The molecule has 1 heterocycles. The highest BCUT2D eigenvalue weighted by atomic mass is 16.4. The summed E-state index contributed by atoms with van der Waals surface area (Å²) in [5.41, 5.74) is 0. The number of carboxylic acid groups (broad SMARTS) is 1.